The highest BCUT2D eigenvalue weighted by molar-refractivity contribution is 8.27. The fourth-order valence-electron chi connectivity index (χ4n) is 2.52. The molecule has 0 aromatic heterocycles. The van der Waals surface area contributed by atoms with Crippen molar-refractivity contribution < 1.29 is 9.53 Å². The van der Waals surface area contributed by atoms with E-state index in [1.807, 2.05) is 38.1 Å². The quantitative estimate of drug-likeness (QED) is 0.513. The van der Waals surface area contributed by atoms with Crippen molar-refractivity contribution in [2.45, 2.75) is 13.8 Å². The van der Waals surface area contributed by atoms with Crippen molar-refractivity contribution >= 4 is 57.6 Å². The minimum absolute atomic E-state index is 0.136. The standard InChI is InChI=1S/C19H16ClNO2S2/c1-3-23-16-8-7-14(20)10-13(16)11-17-18(22)21(19(24)25-17)15-6-4-5-12(2)9-15/h4-11H,3H2,1-2H3/b17-11+. The summed E-state index contributed by atoms with van der Waals surface area (Å²) in [5.41, 5.74) is 2.62. The predicted molar refractivity (Wildman–Crippen MR) is 109 cm³/mol. The van der Waals surface area contributed by atoms with Gasteiger partial charge in [-0.1, -0.05) is 47.7 Å². The number of nitrogens with zero attached hydrogens (tertiary/aromatic N) is 1. The molecule has 3 rings (SSSR count). The first kappa shape index (κ1) is 18.0. The maximum Gasteiger partial charge on any atom is 0.270 e. The maximum absolute atomic E-state index is 12.9. The van der Waals surface area contributed by atoms with Crippen LogP contribution in [0, 0.1) is 6.92 Å². The summed E-state index contributed by atoms with van der Waals surface area (Å²) in [6.07, 6.45) is 1.78. The fraction of sp³-hybridized carbons (Fsp3) is 0.158. The summed E-state index contributed by atoms with van der Waals surface area (Å²) >= 11 is 12.8. The van der Waals surface area contributed by atoms with Gasteiger partial charge in [0.15, 0.2) is 4.32 Å². The van der Waals surface area contributed by atoms with E-state index in [9.17, 15) is 4.79 Å². The van der Waals surface area contributed by atoms with Gasteiger partial charge in [-0.3, -0.25) is 9.69 Å². The normalized spacial score (nSPS) is 16.0. The summed E-state index contributed by atoms with van der Waals surface area (Å²) in [6, 6.07) is 13.1. The van der Waals surface area contributed by atoms with E-state index in [1.165, 1.54) is 11.8 Å². The maximum atomic E-state index is 12.9. The van der Waals surface area contributed by atoms with Gasteiger partial charge in [0.1, 0.15) is 5.75 Å². The molecular formula is C19H16ClNO2S2. The van der Waals surface area contributed by atoms with Crippen LogP contribution in [0.5, 0.6) is 5.75 Å². The van der Waals surface area contributed by atoms with Crippen LogP contribution < -0.4 is 9.64 Å². The molecule has 0 saturated carbocycles. The van der Waals surface area contributed by atoms with Crippen molar-refractivity contribution in [3.05, 3.63) is 63.5 Å². The van der Waals surface area contributed by atoms with Gasteiger partial charge in [0.25, 0.3) is 5.91 Å². The second kappa shape index (κ2) is 7.60. The van der Waals surface area contributed by atoms with Gasteiger partial charge in [-0.05, 0) is 55.8 Å². The molecule has 1 amide bonds. The van der Waals surface area contributed by atoms with Gasteiger partial charge in [0, 0.05) is 10.6 Å². The zero-order valence-corrected chi connectivity index (χ0v) is 16.2. The van der Waals surface area contributed by atoms with Crippen LogP contribution in [0.1, 0.15) is 18.1 Å². The number of hydrogen-bond donors (Lipinski definition) is 0. The number of anilines is 1. The third kappa shape index (κ3) is 3.89. The number of carbonyl (C=O) groups excluding carboxylic acids is 1. The Hall–Kier alpha value is -1.82. The summed E-state index contributed by atoms with van der Waals surface area (Å²) in [7, 11) is 0. The largest absolute Gasteiger partial charge is 0.493 e. The molecule has 0 atom stereocenters. The molecular weight excluding hydrogens is 374 g/mol. The molecule has 0 unspecified atom stereocenters. The van der Waals surface area contributed by atoms with E-state index in [0.717, 1.165) is 16.8 Å². The van der Waals surface area contributed by atoms with Crippen molar-refractivity contribution in [3.8, 4) is 5.75 Å². The van der Waals surface area contributed by atoms with Crippen LogP contribution in [0.4, 0.5) is 5.69 Å². The second-order valence-corrected chi connectivity index (χ2v) is 7.58. The van der Waals surface area contributed by atoms with Crippen molar-refractivity contribution in [3.63, 3.8) is 0 Å². The lowest BCUT2D eigenvalue weighted by molar-refractivity contribution is -0.113. The van der Waals surface area contributed by atoms with Crippen molar-refractivity contribution in [2.75, 3.05) is 11.5 Å². The Kier molecular flexibility index (Phi) is 5.47. The van der Waals surface area contributed by atoms with Crippen molar-refractivity contribution in [2.24, 2.45) is 0 Å². The Labute approximate surface area is 161 Å². The SMILES string of the molecule is CCOc1ccc(Cl)cc1/C=C1/SC(=S)N(c2cccc(C)c2)C1=O. The number of benzene rings is 2. The van der Waals surface area contributed by atoms with Crippen LogP contribution in [0.2, 0.25) is 5.02 Å². The smallest absolute Gasteiger partial charge is 0.270 e. The molecule has 128 valence electrons. The van der Waals surface area contributed by atoms with Crippen LogP contribution >= 0.6 is 35.6 Å². The summed E-state index contributed by atoms with van der Waals surface area (Å²) < 4.78 is 6.14. The molecule has 2 aromatic carbocycles. The van der Waals surface area contributed by atoms with Crippen molar-refractivity contribution in [1.82, 2.24) is 0 Å². The number of aryl methyl sites for hydroxylation is 1. The predicted octanol–water partition coefficient (Wildman–Crippen LogP) is 5.45. The Balaban J connectivity index is 1.97. The molecule has 1 fully saturated rings. The van der Waals surface area contributed by atoms with E-state index in [4.69, 9.17) is 28.6 Å². The van der Waals surface area contributed by atoms with Crippen LogP contribution in [-0.4, -0.2) is 16.8 Å². The number of hydrogen-bond acceptors (Lipinski definition) is 4. The van der Waals surface area contributed by atoms with E-state index in [1.54, 1.807) is 29.2 Å². The lowest BCUT2D eigenvalue weighted by Crippen LogP contribution is -2.27. The molecule has 2 aromatic rings. The first-order valence-electron chi connectivity index (χ1n) is 7.76. The molecule has 0 radical (unpaired) electrons. The minimum Gasteiger partial charge on any atom is -0.493 e. The highest BCUT2D eigenvalue weighted by Gasteiger charge is 2.33. The molecule has 0 bridgehead atoms. The summed E-state index contributed by atoms with van der Waals surface area (Å²) in [5.74, 6) is 0.552. The minimum atomic E-state index is -0.136. The van der Waals surface area contributed by atoms with Crippen LogP contribution in [-0.2, 0) is 4.79 Å². The molecule has 3 nitrogen and oxygen atoms in total. The molecule has 6 heteroatoms. The molecule has 0 spiro atoms. The van der Waals surface area contributed by atoms with Gasteiger partial charge in [-0.25, -0.2) is 0 Å². The number of halogens is 1. The fourth-order valence-corrected chi connectivity index (χ4v) is 3.99. The van der Waals surface area contributed by atoms with E-state index < -0.39 is 0 Å². The van der Waals surface area contributed by atoms with Gasteiger partial charge < -0.3 is 4.74 Å². The van der Waals surface area contributed by atoms with Crippen LogP contribution in [0.25, 0.3) is 6.08 Å². The van der Waals surface area contributed by atoms with Gasteiger partial charge in [-0.15, -0.1) is 0 Å². The van der Waals surface area contributed by atoms with Crippen LogP contribution in [0.3, 0.4) is 0 Å². The Morgan fingerprint density at radius 2 is 2.08 bits per heavy atom. The summed E-state index contributed by atoms with van der Waals surface area (Å²) in [4.78, 5) is 15.0. The lowest BCUT2D eigenvalue weighted by Gasteiger charge is -2.14. The Morgan fingerprint density at radius 3 is 2.80 bits per heavy atom. The molecule has 1 aliphatic rings. The molecule has 0 N–H and O–H groups in total. The molecule has 25 heavy (non-hydrogen) atoms. The Bertz CT molecular complexity index is 879. The topological polar surface area (TPSA) is 29.5 Å². The van der Waals surface area contributed by atoms with E-state index >= 15 is 0 Å². The van der Waals surface area contributed by atoms with Gasteiger partial charge in [0.05, 0.1) is 17.2 Å². The number of rotatable bonds is 4. The van der Waals surface area contributed by atoms with Crippen molar-refractivity contribution in [1.29, 1.82) is 0 Å². The lowest BCUT2D eigenvalue weighted by atomic mass is 10.1. The molecule has 0 aliphatic carbocycles. The zero-order valence-electron chi connectivity index (χ0n) is 13.8. The third-order valence-electron chi connectivity index (χ3n) is 3.61. The van der Waals surface area contributed by atoms with E-state index in [2.05, 4.69) is 0 Å². The first-order valence-corrected chi connectivity index (χ1v) is 9.37. The van der Waals surface area contributed by atoms with E-state index in [0.29, 0.717) is 26.6 Å². The number of thioether (sulfide) groups is 1. The third-order valence-corrected chi connectivity index (χ3v) is 5.15. The summed E-state index contributed by atoms with van der Waals surface area (Å²) in [6.45, 7) is 4.43. The average Bonchev–Trinajstić information content (AvgIpc) is 2.84. The Morgan fingerprint density at radius 1 is 1.28 bits per heavy atom. The first-order chi connectivity index (χ1) is 12.0. The van der Waals surface area contributed by atoms with Crippen LogP contribution in [0.15, 0.2) is 47.4 Å². The molecule has 1 saturated heterocycles. The summed E-state index contributed by atoms with van der Waals surface area (Å²) in [5, 5.41) is 0.587. The number of thiocarbonyl (C=S) groups is 1. The van der Waals surface area contributed by atoms with Gasteiger partial charge in [-0.2, -0.15) is 0 Å². The highest BCUT2D eigenvalue weighted by Crippen LogP contribution is 2.37. The zero-order chi connectivity index (χ0) is 18.0. The monoisotopic (exact) mass is 389 g/mol. The average molecular weight is 390 g/mol. The number of carbonyl (C=O) groups is 1. The number of amides is 1. The van der Waals surface area contributed by atoms with Gasteiger partial charge >= 0.3 is 0 Å². The van der Waals surface area contributed by atoms with E-state index in [-0.39, 0.29) is 5.91 Å². The molecule has 1 aliphatic heterocycles. The number of ether oxygens (including phenoxy) is 1. The van der Waals surface area contributed by atoms with Gasteiger partial charge in [0.2, 0.25) is 0 Å². The molecule has 1 heterocycles. The second-order valence-electron chi connectivity index (χ2n) is 5.47. The highest BCUT2D eigenvalue weighted by atomic mass is 35.5.